The lowest BCUT2D eigenvalue weighted by molar-refractivity contribution is -0.183. The van der Waals surface area contributed by atoms with Crippen LogP contribution in [-0.4, -0.2) is 23.6 Å². The van der Waals surface area contributed by atoms with Gasteiger partial charge in [0.25, 0.3) is 0 Å². The number of ether oxygens (including phenoxy) is 2. The molecular formula is C11H16O4. The molecule has 4 heteroatoms. The van der Waals surface area contributed by atoms with Crippen molar-refractivity contribution in [2.75, 3.05) is 0 Å². The molecule has 1 unspecified atom stereocenters. The van der Waals surface area contributed by atoms with E-state index in [9.17, 15) is 9.59 Å². The van der Waals surface area contributed by atoms with Crippen molar-refractivity contribution in [3.63, 3.8) is 0 Å². The van der Waals surface area contributed by atoms with Gasteiger partial charge < -0.3 is 9.47 Å². The molecule has 0 aromatic heterocycles. The minimum atomic E-state index is -0.790. The minimum absolute atomic E-state index is 0.228. The van der Waals surface area contributed by atoms with Crippen LogP contribution in [0.2, 0.25) is 0 Å². The smallest absolute Gasteiger partial charge is 0.330 e. The standard InChI is InChI=1S/C11H16O4/c1-4-9(12)15-11(2,3)8-6-5-7-10(13)14-8/h4,8H,1,5-7H2,2-3H3. The minimum Gasteiger partial charge on any atom is -0.458 e. The van der Waals surface area contributed by atoms with Gasteiger partial charge in [0.15, 0.2) is 0 Å². The van der Waals surface area contributed by atoms with E-state index >= 15 is 0 Å². The molecule has 0 amide bonds. The Hall–Kier alpha value is -1.32. The number of hydrogen-bond acceptors (Lipinski definition) is 4. The summed E-state index contributed by atoms with van der Waals surface area (Å²) in [5.41, 5.74) is -0.790. The third-order valence-corrected chi connectivity index (χ3v) is 2.43. The molecule has 0 radical (unpaired) electrons. The number of cyclic esters (lactones) is 1. The number of hydrogen-bond donors (Lipinski definition) is 0. The first kappa shape index (κ1) is 11.8. The summed E-state index contributed by atoms with van der Waals surface area (Å²) in [5, 5.41) is 0. The maximum Gasteiger partial charge on any atom is 0.330 e. The largest absolute Gasteiger partial charge is 0.458 e. The van der Waals surface area contributed by atoms with Crippen LogP contribution in [0.4, 0.5) is 0 Å². The average Bonchev–Trinajstić information content (AvgIpc) is 2.17. The van der Waals surface area contributed by atoms with Crippen LogP contribution in [0.1, 0.15) is 33.1 Å². The summed E-state index contributed by atoms with van der Waals surface area (Å²) in [7, 11) is 0. The van der Waals surface area contributed by atoms with Crippen LogP contribution in [0, 0.1) is 0 Å². The summed E-state index contributed by atoms with van der Waals surface area (Å²) in [4.78, 5) is 22.2. The predicted molar refractivity (Wildman–Crippen MR) is 54.1 cm³/mol. The Kier molecular flexibility index (Phi) is 3.50. The van der Waals surface area contributed by atoms with E-state index in [-0.39, 0.29) is 12.1 Å². The number of rotatable bonds is 3. The number of carbonyl (C=O) groups excluding carboxylic acids is 2. The molecule has 1 atom stereocenters. The van der Waals surface area contributed by atoms with Crippen molar-refractivity contribution in [1.29, 1.82) is 0 Å². The highest BCUT2D eigenvalue weighted by Crippen LogP contribution is 2.26. The lowest BCUT2D eigenvalue weighted by Gasteiger charge is -2.35. The highest BCUT2D eigenvalue weighted by molar-refractivity contribution is 5.81. The molecule has 84 valence electrons. The van der Waals surface area contributed by atoms with Gasteiger partial charge in [-0.2, -0.15) is 0 Å². The van der Waals surface area contributed by atoms with Crippen LogP contribution in [-0.2, 0) is 19.1 Å². The molecule has 0 saturated carbocycles. The molecule has 0 N–H and O–H groups in total. The van der Waals surface area contributed by atoms with Crippen LogP contribution in [0.15, 0.2) is 12.7 Å². The van der Waals surface area contributed by atoms with Crippen LogP contribution in [0.3, 0.4) is 0 Å². The quantitative estimate of drug-likeness (QED) is 0.526. The molecule has 1 aliphatic rings. The summed E-state index contributed by atoms with van der Waals surface area (Å²) < 4.78 is 10.3. The van der Waals surface area contributed by atoms with Crippen LogP contribution in [0.5, 0.6) is 0 Å². The molecule has 1 saturated heterocycles. The zero-order chi connectivity index (χ0) is 11.5. The number of esters is 2. The summed E-state index contributed by atoms with van der Waals surface area (Å²) in [6.45, 7) is 6.79. The van der Waals surface area contributed by atoms with Crippen molar-refractivity contribution in [1.82, 2.24) is 0 Å². The Morgan fingerprint density at radius 2 is 2.33 bits per heavy atom. The van der Waals surface area contributed by atoms with Gasteiger partial charge in [-0.25, -0.2) is 4.79 Å². The summed E-state index contributed by atoms with van der Waals surface area (Å²) in [6.07, 6.45) is 2.69. The lowest BCUT2D eigenvalue weighted by Crippen LogP contribution is -2.45. The molecular weight excluding hydrogens is 196 g/mol. The maximum absolute atomic E-state index is 11.1. The van der Waals surface area contributed by atoms with Crippen molar-refractivity contribution in [3.8, 4) is 0 Å². The zero-order valence-electron chi connectivity index (χ0n) is 9.12. The zero-order valence-corrected chi connectivity index (χ0v) is 9.12. The van der Waals surface area contributed by atoms with Gasteiger partial charge >= 0.3 is 11.9 Å². The van der Waals surface area contributed by atoms with E-state index in [1.54, 1.807) is 13.8 Å². The van der Waals surface area contributed by atoms with Gasteiger partial charge in [0.2, 0.25) is 0 Å². The predicted octanol–water partition coefficient (Wildman–Crippen LogP) is 1.59. The summed E-state index contributed by atoms with van der Waals surface area (Å²) in [5.74, 6) is -0.726. The van der Waals surface area contributed by atoms with E-state index in [1.807, 2.05) is 0 Å². The molecule has 1 aliphatic heterocycles. The van der Waals surface area contributed by atoms with E-state index in [0.29, 0.717) is 6.42 Å². The van der Waals surface area contributed by atoms with Crippen molar-refractivity contribution >= 4 is 11.9 Å². The van der Waals surface area contributed by atoms with Crippen LogP contribution < -0.4 is 0 Å². The molecule has 1 rings (SSSR count). The Morgan fingerprint density at radius 1 is 1.67 bits per heavy atom. The first-order valence-corrected chi connectivity index (χ1v) is 5.00. The average molecular weight is 212 g/mol. The topological polar surface area (TPSA) is 52.6 Å². The Morgan fingerprint density at radius 3 is 2.87 bits per heavy atom. The second-order valence-electron chi connectivity index (χ2n) is 4.10. The molecule has 1 heterocycles. The van der Waals surface area contributed by atoms with Gasteiger partial charge in [-0.05, 0) is 26.7 Å². The van der Waals surface area contributed by atoms with E-state index in [2.05, 4.69) is 6.58 Å². The fourth-order valence-corrected chi connectivity index (χ4v) is 1.56. The highest BCUT2D eigenvalue weighted by Gasteiger charge is 2.37. The Balaban J connectivity index is 2.62. The molecule has 15 heavy (non-hydrogen) atoms. The molecule has 0 aromatic rings. The van der Waals surface area contributed by atoms with Crippen molar-refractivity contribution in [2.24, 2.45) is 0 Å². The Bertz CT molecular complexity index is 280. The highest BCUT2D eigenvalue weighted by atomic mass is 16.6. The van der Waals surface area contributed by atoms with Gasteiger partial charge in [-0.3, -0.25) is 4.79 Å². The normalized spacial score (nSPS) is 21.7. The molecule has 0 spiro atoms. The van der Waals surface area contributed by atoms with Gasteiger partial charge in [-0.15, -0.1) is 0 Å². The summed E-state index contributed by atoms with van der Waals surface area (Å²) in [6, 6.07) is 0. The van der Waals surface area contributed by atoms with Crippen LogP contribution in [0.25, 0.3) is 0 Å². The third kappa shape index (κ3) is 3.08. The number of carbonyl (C=O) groups is 2. The molecule has 4 nitrogen and oxygen atoms in total. The van der Waals surface area contributed by atoms with E-state index in [0.717, 1.165) is 18.9 Å². The van der Waals surface area contributed by atoms with Gasteiger partial charge in [-0.1, -0.05) is 6.58 Å². The first-order chi connectivity index (χ1) is 6.95. The molecule has 0 bridgehead atoms. The van der Waals surface area contributed by atoms with Crippen molar-refractivity contribution in [3.05, 3.63) is 12.7 Å². The SMILES string of the molecule is C=CC(=O)OC(C)(C)C1CCCC(=O)O1. The lowest BCUT2D eigenvalue weighted by atomic mass is 9.94. The van der Waals surface area contributed by atoms with Gasteiger partial charge in [0, 0.05) is 12.5 Å². The summed E-state index contributed by atoms with van der Waals surface area (Å²) >= 11 is 0. The van der Waals surface area contributed by atoms with Gasteiger partial charge in [0.1, 0.15) is 11.7 Å². The fraction of sp³-hybridized carbons (Fsp3) is 0.636. The van der Waals surface area contributed by atoms with E-state index in [4.69, 9.17) is 9.47 Å². The van der Waals surface area contributed by atoms with Crippen molar-refractivity contribution < 1.29 is 19.1 Å². The maximum atomic E-state index is 11.1. The van der Waals surface area contributed by atoms with Crippen LogP contribution >= 0.6 is 0 Å². The molecule has 0 aromatic carbocycles. The molecule has 1 fully saturated rings. The monoisotopic (exact) mass is 212 g/mol. The Labute approximate surface area is 89.2 Å². The van der Waals surface area contributed by atoms with Crippen molar-refractivity contribution in [2.45, 2.75) is 44.8 Å². The second kappa shape index (κ2) is 4.47. The van der Waals surface area contributed by atoms with E-state index < -0.39 is 11.6 Å². The van der Waals surface area contributed by atoms with Gasteiger partial charge in [0.05, 0.1) is 0 Å². The molecule has 0 aliphatic carbocycles. The third-order valence-electron chi connectivity index (χ3n) is 2.43. The first-order valence-electron chi connectivity index (χ1n) is 5.00. The second-order valence-corrected chi connectivity index (χ2v) is 4.10. The fourth-order valence-electron chi connectivity index (χ4n) is 1.56. The van der Waals surface area contributed by atoms with E-state index in [1.165, 1.54) is 0 Å².